The van der Waals surface area contributed by atoms with E-state index >= 15 is 0 Å². The Hall–Kier alpha value is -1.63. The van der Waals surface area contributed by atoms with Gasteiger partial charge in [-0.3, -0.25) is 9.48 Å². The SMILES string of the molecule is CN(C)CC1(CNC(=O)CCn2ncc3c(Cl)cccc32)CCOCC1. The van der Waals surface area contributed by atoms with Crippen LogP contribution in [0.3, 0.4) is 0 Å². The van der Waals surface area contributed by atoms with Crippen molar-refractivity contribution in [3.8, 4) is 0 Å². The summed E-state index contributed by atoms with van der Waals surface area (Å²) in [6.45, 7) is 3.73. The van der Waals surface area contributed by atoms with Crippen molar-refractivity contribution >= 4 is 28.4 Å². The summed E-state index contributed by atoms with van der Waals surface area (Å²) in [5.74, 6) is 0.0558. The first kappa shape index (κ1) is 19.1. The highest BCUT2D eigenvalue weighted by atomic mass is 35.5. The maximum Gasteiger partial charge on any atom is 0.221 e. The molecule has 0 saturated carbocycles. The molecule has 142 valence electrons. The van der Waals surface area contributed by atoms with Crippen molar-refractivity contribution in [3.05, 3.63) is 29.4 Å². The van der Waals surface area contributed by atoms with Gasteiger partial charge in [-0.15, -0.1) is 0 Å². The highest BCUT2D eigenvalue weighted by Gasteiger charge is 2.33. The lowest BCUT2D eigenvalue weighted by Gasteiger charge is -2.39. The van der Waals surface area contributed by atoms with Gasteiger partial charge in [0.2, 0.25) is 5.91 Å². The smallest absolute Gasteiger partial charge is 0.221 e. The highest BCUT2D eigenvalue weighted by Crippen LogP contribution is 2.30. The standard InChI is InChI=1S/C19H27ClN4O2/c1-23(2)14-19(7-10-26-11-8-19)13-21-18(25)6-9-24-17-5-3-4-16(20)15(17)12-22-24/h3-5,12H,6-11,13-14H2,1-2H3,(H,21,25). The molecule has 0 spiro atoms. The number of aromatic nitrogens is 2. The number of hydrogen-bond donors (Lipinski definition) is 1. The molecule has 1 aliphatic heterocycles. The van der Waals surface area contributed by atoms with E-state index in [0.29, 0.717) is 24.5 Å². The van der Waals surface area contributed by atoms with Gasteiger partial charge in [-0.1, -0.05) is 17.7 Å². The number of carbonyl (C=O) groups is 1. The number of halogens is 1. The molecule has 0 unspecified atom stereocenters. The fraction of sp³-hybridized carbons (Fsp3) is 0.579. The van der Waals surface area contributed by atoms with E-state index in [2.05, 4.69) is 29.4 Å². The Morgan fingerprint density at radius 2 is 2.15 bits per heavy atom. The minimum absolute atomic E-state index is 0.0558. The molecule has 1 aliphatic rings. The van der Waals surface area contributed by atoms with Gasteiger partial charge in [0.1, 0.15) is 0 Å². The van der Waals surface area contributed by atoms with Gasteiger partial charge < -0.3 is 15.0 Å². The Kier molecular flexibility index (Phi) is 6.16. The number of fused-ring (bicyclic) bond motifs is 1. The number of benzene rings is 1. The van der Waals surface area contributed by atoms with Crippen LogP contribution in [0.25, 0.3) is 10.9 Å². The molecule has 0 aliphatic carbocycles. The minimum atomic E-state index is 0.0558. The lowest BCUT2D eigenvalue weighted by Crippen LogP contribution is -2.47. The van der Waals surface area contributed by atoms with E-state index < -0.39 is 0 Å². The van der Waals surface area contributed by atoms with Crippen molar-refractivity contribution in [3.63, 3.8) is 0 Å². The molecule has 7 heteroatoms. The van der Waals surface area contributed by atoms with E-state index in [1.807, 2.05) is 22.9 Å². The fourth-order valence-electron chi connectivity index (χ4n) is 3.69. The summed E-state index contributed by atoms with van der Waals surface area (Å²) in [4.78, 5) is 14.6. The van der Waals surface area contributed by atoms with E-state index in [9.17, 15) is 4.79 Å². The molecule has 26 heavy (non-hydrogen) atoms. The summed E-state index contributed by atoms with van der Waals surface area (Å²) in [5, 5.41) is 9.09. The van der Waals surface area contributed by atoms with Crippen LogP contribution in [0.1, 0.15) is 19.3 Å². The number of rotatable bonds is 7. The van der Waals surface area contributed by atoms with Gasteiger partial charge >= 0.3 is 0 Å². The van der Waals surface area contributed by atoms with Gasteiger partial charge in [-0.05, 0) is 39.1 Å². The van der Waals surface area contributed by atoms with Crippen LogP contribution in [0.4, 0.5) is 0 Å². The van der Waals surface area contributed by atoms with Crippen LogP contribution in [0, 0.1) is 5.41 Å². The number of ether oxygens (including phenoxy) is 1. The predicted molar refractivity (Wildman–Crippen MR) is 103 cm³/mol. The summed E-state index contributed by atoms with van der Waals surface area (Å²) < 4.78 is 7.34. The summed E-state index contributed by atoms with van der Waals surface area (Å²) in [6, 6.07) is 5.72. The number of nitrogens with zero attached hydrogens (tertiary/aromatic N) is 3. The molecular weight excluding hydrogens is 352 g/mol. The highest BCUT2D eigenvalue weighted by molar-refractivity contribution is 6.35. The van der Waals surface area contributed by atoms with Gasteiger partial charge in [0.15, 0.2) is 0 Å². The molecule has 3 rings (SSSR count). The Morgan fingerprint density at radius 3 is 2.88 bits per heavy atom. The van der Waals surface area contributed by atoms with Crippen molar-refractivity contribution in [2.24, 2.45) is 5.41 Å². The van der Waals surface area contributed by atoms with E-state index in [0.717, 1.165) is 43.5 Å². The van der Waals surface area contributed by atoms with E-state index in [-0.39, 0.29) is 11.3 Å². The molecule has 1 aromatic carbocycles. The van der Waals surface area contributed by atoms with Gasteiger partial charge in [0.25, 0.3) is 0 Å². The van der Waals surface area contributed by atoms with Crippen molar-refractivity contribution in [2.75, 3.05) is 40.4 Å². The van der Waals surface area contributed by atoms with E-state index in [4.69, 9.17) is 16.3 Å². The number of amides is 1. The molecule has 1 amide bonds. The normalized spacial score (nSPS) is 16.9. The van der Waals surface area contributed by atoms with Crippen molar-refractivity contribution in [2.45, 2.75) is 25.8 Å². The Labute approximate surface area is 159 Å². The van der Waals surface area contributed by atoms with Gasteiger partial charge in [0, 0.05) is 43.5 Å². The molecule has 2 aromatic rings. The van der Waals surface area contributed by atoms with Gasteiger partial charge in [0.05, 0.1) is 23.3 Å². The lowest BCUT2D eigenvalue weighted by molar-refractivity contribution is -0.122. The van der Waals surface area contributed by atoms with Crippen LogP contribution in [0.15, 0.2) is 24.4 Å². The maximum atomic E-state index is 12.4. The molecule has 6 nitrogen and oxygen atoms in total. The Bertz CT molecular complexity index is 753. The van der Waals surface area contributed by atoms with Crippen molar-refractivity contribution in [1.82, 2.24) is 20.0 Å². The molecule has 1 fully saturated rings. The van der Waals surface area contributed by atoms with Crippen LogP contribution >= 0.6 is 11.6 Å². The second-order valence-corrected chi connectivity index (χ2v) is 7.82. The number of carbonyl (C=O) groups excluding carboxylic acids is 1. The topological polar surface area (TPSA) is 59.4 Å². The molecule has 1 saturated heterocycles. The van der Waals surface area contributed by atoms with Crippen LogP contribution < -0.4 is 5.32 Å². The van der Waals surface area contributed by atoms with Gasteiger partial charge in [-0.2, -0.15) is 5.10 Å². The van der Waals surface area contributed by atoms with Crippen LogP contribution in [-0.4, -0.2) is 61.0 Å². The number of aryl methyl sites for hydroxylation is 1. The summed E-state index contributed by atoms with van der Waals surface area (Å²) in [5.41, 5.74) is 1.06. The molecule has 1 N–H and O–H groups in total. The molecular formula is C19H27ClN4O2. The van der Waals surface area contributed by atoms with Gasteiger partial charge in [-0.25, -0.2) is 0 Å². The third kappa shape index (κ3) is 4.55. The monoisotopic (exact) mass is 378 g/mol. The zero-order chi connectivity index (χ0) is 18.6. The zero-order valence-electron chi connectivity index (χ0n) is 15.5. The Morgan fingerprint density at radius 1 is 1.38 bits per heavy atom. The third-order valence-corrected chi connectivity index (χ3v) is 5.38. The molecule has 0 radical (unpaired) electrons. The molecule has 0 bridgehead atoms. The minimum Gasteiger partial charge on any atom is -0.381 e. The first-order valence-electron chi connectivity index (χ1n) is 9.08. The van der Waals surface area contributed by atoms with Crippen LogP contribution in [-0.2, 0) is 16.1 Å². The quantitative estimate of drug-likeness (QED) is 0.804. The molecule has 1 aromatic heterocycles. The van der Waals surface area contributed by atoms with Crippen molar-refractivity contribution < 1.29 is 9.53 Å². The third-order valence-electron chi connectivity index (χ3n) is 5.05. The van der Waals surface area contributed by atoms with E-state index in [1.165, 1.54) is 0 Å². The Balaban J connectivity index is 1.55. The molecule has 0 atom stereocenters. The maximum absolute atomic E-state index is 12.4. The van der Waals surface area contributed by atoms with E-state index in [1.54, 1.807) is 6.20 Å². The average Bonchev–Trinajstić information content (AvgIpc) is 3.03. The summed E-state index contributed by atoms with van der Waals surface area (Å²) in [6.07, 6.45) is 4.11. The first-order chi connectivity index (χ1) is 12.5. The zero-order valence-corrected chi connectivity index (χ0v) is 16.3. The van der Waals surface area contributed by atoms with Crippen LogP contribution in [0.2, 0.25) is 5.02 Å². The van der Waals surface area contributed by atoms with Crippen LogP contribution in [0.5, 0.6) is 0 Å². The fourth-order valence-corrected chi connectivity index (χ4v) is 3.91. The largest absolute Gasteiger partial charge is 0.381 e. The second kappa shape index (κ2) is 8.37. The molecule has 2 heterocycles. The average molecular weight is 379 g/mol. The predicted octanol–water partition coefficient (Wildman–Crippen LogP) is 2.55. The van der Waals surface area contributed by atoms with Crippen molar-refractivity contribution in [1.29, 1.82) is 0 Å². The number of hydrogen-bond acceptors (Lipinski definition) is 4. The first-order valence-corrected chi connectivity index (χ1v) is 9.46. The summed E-state index contributed by atoms with van der Waals surface area (Å²) in [7, 11) is 4.15. The number of nitrogens with one attached hydrogen (secondary N) is 1. The lowest BCUT2D eigenvalue weighted by atomic mass is 9.79. The second-order valence-electron chi connectivity index (χ2n) is 7.42. The summed E-state index contributed by atoms with van der Waals surface area (Å²) >= 11 is 6.18.